The molecule has 0 aromatic heterocycles. The Morgan fingerprint density at radius 1 is 1.17 bits per heavy atom. The largest absolute Gasteiger partial charge is 0.402 e. The number of nitrogens with zero attached hydrogens (tertiary/aromatic N) is 1. The predicted octanol–water partition coefficient (Wildman–Crippen LogP) is 3.46. The predicted molar refractivity (Wildman–Crippen MR) is 73.1 cm³/mol. The van der Waals surface area contributed by atoms with Crippen LogP contribution in [-0.4, -0.2) is 4.92 Å². The van der Waals surface area contributed by atoms with Gasteiger partial charge in [-0.05, 0) is 36.9 Å². The number of rotatable bonds is 2. The highest BCUT2D eigenvalue weighted by Crippen LogP contribution is 2.34. The lowest BCUT2D eigenvalue weighted by Gasteiger charge is -2.08. The molecule has 0 atom stereocenters. The third-order valence-corrected chi connectivity index (χ3v) is 3.08. The zero-order chi connectivity index (χ0) is 13.3. The van der Waals surface area contributed by atoms with Crippen LogP contribution in [0.4, 0.5) is 5.69 Å². The number of nitro groups is 1. The van der Waals surface area contributed by atoms with E-state index in [0.717, 1.165) is 11.0 Å². The molecule has 4 nitrogen and oxygen atoms in total. The average Bonchev–Trinajstić information content (AvgIpc) is 2.36. The standard InChI is InChI=1S/C14H14N2O2/c1-9(10(2)15)12-8-7-11-5-3-4-6-13(11)14(12)16(17)18/h3-8H,15H2,1-2H3/b10-9-. The first-order valence-corrected chi connectivity index (χ1v) is 5.62. The summed E-state index contributed by atoms with van der Waals surface area (Å²) in [6.45, 7) is 3.54. The zero-order valence-electron chi connectivity index (χ0n) is 10.3. The van der Waals surface area contributed by atoms with Gasteiger partial charge in [0.25, 0.3) is 5.69 Å². The maximum absolute atomic E-state index is 11.3. The third kappa shape index (κ3) is 1.93. The van der Waals surface area contributed by atoms with Crippen molar-refractivity contribution in [2.45, 2.75) is 13.8 Å². The second-order valence-electron chi connectivity index (χ2n) is 4.25. The van der Waals surface area contributed by atoms with Crippen LogP contribution in [0, 0.1) is 10.1 Å². The van der Waals surface area contributed by atoms with Crippen LogP contribution in [0.25, 0.3) is 16.3 Å². The second kappa shape index (κ2) is 4.49. The van der Waals surface area contributed by atoms with Crippen molar-refractivity contribution in [3.05, 3.63) is 57.8 Å². The van der Waals surface area contributed by atoms with Crippen molar-refractivity contribution in [3.8, 4) is 0 Å². The van der Waals surface area contributed by atoms with Gasteiger partial charge < -0.3 is 5.73 Å². The van der Waals surface area contributed by atoms with Gasteiger partial charge in [0.2, 0.25) is 0 Å². The summed E-state index contributed by atoms with van der Waals surface area (Å²) >= 11 is 0. The molecule has 0 unspecified atom stereocenters. The highest BCUT2D eigenvalue weighted by atomic mass is 16.6. The molecule has 2 N–H and O–H groups in total. The maximum atomic E-state index is 11.3. The minimum Gasteiger partial charge on any atom is -0.402 e. The molecule has 0 aliphatic heterocycles. The normalized spacial score (nSPS) is 12.3. The van der Waals surface area contributed by atoms with E-state index in [1.165, 1.54) is 0 Å². The van der Waals surface area contributed by atoms with Crippen LogP contribution in [0.3, 0.4) is 0 Å². The zero-order valence-corrected chi connectivity index (χ0v) is 10.3. The first kappa shape index (κ1) is 12.1. The lowest BCUT2D eigenvalue weighted by Crippen LogP contribution is -2.00. The maximum Gasteiger partial charge on any atom is 0.284 e. The van der Waals surface area contributed by atoms with Gasteiger partial charge in [-0.3, -0.25) is 10.1 Å². The van der Waals surface area contributed by atoms with Crippen LogP contribution in [0.1, 0.15) is 19.4 Å². The molecule has 18 heavy (non-hydrogen) atoms. The molecule has 4 heteroatoms. The molecule has 0 saturated carbocycles. The van der Waals surface area contributed by atoms with E-state index in [-0.39, 0.29) is 10.6 Å². The van der Waals surface area contributed by atoms with Crippen LogP contribution >= 0.6 is 0 Å². The molecule has 92 valence electrons. The highest BCUT2D eigenvalue weighted by Gasteiger charge is 2.19. The number of hydrogen-bond acceptors (Lipinski definition) is 3. The summed E-state index contributed by atoms with van der Waals surface area (Å²) in [6.07, 6.45) is 0. The number of benzene rings is 2. The van der Waals surface area contributed by atoms with Crippen molar-refractivity contribution in [1.29, 1.82) is 0 Å². The molecular formula is C14H14N2O2. The number of allylic oxidation sites excluding steroid dienone is 2. The number of hydrogen-bond donors (Lipinski definition) is 1. The number of nitrogens with two attached hydrogens (primary N) is 1. The van der Waals surface area contributed by atoms with Gasteiger partial charge in [0.05, 0.1) is 15.9 Å². The van der Waals surface area contributed by atoms with E-state index in [1.54, 1.807) is 32.0 Å². The Labute approximate surface area is 105 Å². The van der Waals surface area contributed by atoms with E-state index in [9.17, 15) is 10.1 Å². The molecular weight excluding hydrogens is 228 g/mol. The van der Waals surface area contributed by atoms with E-state index < -0.39 is 0 Å². The summed E-state index contributed by atoms with van der Waals surface area (Å²) in [4.78, 5) is 11.0. The SMILES string of the molecule is C/C(N)=C(\C)c1ccc2ccccc2c1[N+](=O)[O-]. The Morgan fingerprint density at radius 2 is 1.83 bits per heavy atom. The van der Waals surface area contributed by atoms with Gasteiger partial charge in [-0.2, -0.15) is 0 Å². The third-order valence-electron chi connectivity index (χ3n) is 3.08. The van der Waals surface area contributed by atoms with Gasteiger partial charge in [0, 0.05) is 5.70 Å². The molecule has 0 radical (unpaired) electrons. The molecule has 2 aromatic rings. The first-order chi connectivity index (χ1) is 8.52. The van der Waals surface area contributed by atoms with Crippen LogP contribution in [0.5, 0.6) is 0 Å². The van der Waals surface area contributed by atoms with E-state index in [4.69, 9.17) is 5.73 Å². The lowest BCUT2D eigenvalue weighted by molar-refractivity contribution is -0.383. The average molecular weight is 242 g/mol. The van der Waals surface area contributed by atoms with Crippen LogP contribution in [0.2, 0.25) is 0 Å². The van der Waals surface area contributed by atoms with Gasteiger partial charge in [-0.15, -0.1) is 0 Å². The number of fused-ring (bicyclic) bond motifs is 1. The van der Waals surface area contributed by atoms with E-state index in [2.05, 4.69) is 0 Å². The van der Waals surface area contributed by atoms with Crippen LogP contribution in [0.15, 0.2) is 42.1 Å². The van der Waals surface area contributed by atoms with Gasteiger partial charge in [0.1, 0.15) is 0 Å². The minimum atomic E-state index is -0.343. The van der Waals surface area contributed by atoms with Crippen molar-refractivity contribution < 1.29 is 4.92 Å². The van der Waals surface area contributed by atoms with Gasteiger partial charge in [-0.25, -0.2) is 0 Å². The smallest absolute Gasteiger partial charge is 0.284 e. The summed E-state index contributed by atoms with van der Waals surface area (Å²) < 4.78 is 0. The fourth-order valence-electron chi connectivity index (χ4n) is 1.97. The summed E-state index contributed by atoms with van der Waals surface area (Å²) in [5, 5.41) is 12.8. The molecule has 0 spiro atoms. The van der Waals surface area contributed by atoms with Gasteiger partial charge in [-0.1, -0.05) is 24.3 Å². The van der Waals surface area contributed by atoms with Crippen molar-refractivity contribution in [2.24, 2.45) is 5.73 Å². The summed E-state index contributed by atoms with van der Waals surface area (Å²) in [5.41, 5.74) is 7.78. The molecule has 2 rings (SSSR count). The Kier molecular flexibility index (Phi) is 3.02. The molecule has 0 aliphatic carbocycles. The topological polar surface area (TPSA) is 69.2 Å². The highest BCUT2D eigenvalue weighted by molar-refractivity contribution is 5.96. The summed E-state index contributed by atoms with van der Waals surface area (Å²) in [6, 6.07) is 10.9. The molecule has 0 fully saturated rings. The van der Waals surface area contributed by atoms with Crippen molar-refractivity contribution in [3.63, 3.8) is 0 Å². The summed E-state index contributed by atoms with van der Waals surface area (Å²) in [5.74, 6) is 0. The fraction of sp³-hybridized carbons (Fsp3) is 0.143. The van der Waals surface area contributed by atoms with Gasteiger partial charge >= 0.3 is 0 Å². The van der Waals surface area contributed by atoms with Gasteiger partial charge in [0.15, 0.2) is 0 Å². The Morgan fingerprint density at radius 3 is 2.44 bits per heavy atom. The Bertz CT molecular complexity index is 656. The van der Waals surface area contributed by atoms with E-state index >= 15 is 0 Å². The monoisotopic (exact) mass is 242 g/mol. The van der Waals surface area contributed by atoms with Crippen molar-refractivity contribution in [1.82, 2.24) is 0 Å². The fourth-order valence-corrected chi connectivity index (χ4v) is 1.97. The van der Waals surface area contributed by atoms with Crippen molar-refractivity contribution >= 4 is 22.0 Å². The van der Waals surface area contributed by atoms with E-state index in [1.807, 2.05) is 18.2 Å². The molecule has 2 aromatic carbocycles. The van der Waals surface area contributed by atoms with E-state index in [0.29, 0.717) is 16.6 Å². The Balaban J connectivity index is 2.88. The molecule has 0 saturated heterocycles. The molecule has 0 amide bonds. The second-order valence-corrected chi connectivity index (χ2v) is 4.25. The quantitative estimate of drug-likeness (QED) is 0.647. The van der Waals surface area contributed by atoms with Crippen LogP contribution in [-0.2, 0) is 0 Å². The molecule has 0 bridgehead atoms. The van der Waals surface area contributed by atoms with Crippen LogP contribution < -0.4 is 5.73 Å². The summed E-state index contributed by atoms with van der Waals surface area (Å²) in [7, 11) is 0. The Hall–Kier alpha value is -2.36. The first-order valence-electron chi connectivity index (χ1n) is 5.62. The van der Waals surface area contributed by atoms with Crippen molar-refractivity contribution in [2.75, 3.05) is 0 Å². The molecule has 0 aliphatic rings. The molecule has 0 heterocycles. The minimum absolute atomic E-state index is 0.121. The lowest BCUT2D eigenvalue weighted by atomic mass is 9.98. The number of nitro benzene ring substituents is 1.